The van der Waals surface area contributed by atoms with Gasteiger partial charge in [0.25, 0.3) is 0 Å². The topological polar surface area (TPSA) is 75.2 Å². The molecule has 0 saturated carbocycles. The second-order valence-corrected chi connectivity index (χ2v) is 10.6. The van der Waals surface area contributed by atoms with Crippen LogP contribution in [0.3, 0.4) is 0 Å². The van der Waals surface area contributed by atoms with Crippen molar-refractivity contribution in [3.8, 4) is 0 Å². The average molecular weight is 493 g/mol. The molecular weight excluding hydrogens is 478 g/mol. The molecule has 32 heavy (non-hydrogen) atoms. The fourth-order valence-electron chi connectivity index (χ4n) is 3.70. The highest BCUT2D eigenvalue weighted by molar-refractivity contribution is 7.89. The van der Waals surface area contributed by atoms with Crippen molar-refractivity contribution in [2.45, 2.75) is 17.9 Å². The number of benzene rings is 2. The van der Waals surface area contributed by atoms with Crippen molar-refractivity contribution in [3.63, 3.8) is 0 Å². The Hall–Kier alpha value is -2.66. The quantitative estimate of drug-likeness (QED) is 0.428. The van der Waals surface area contributed by atoms with E-state index in [1.54, 1.807) is 12.1 Å². The van der Waals surface area contributed by atoms with Gasteiger partial charge in [0.2, 0.25) is 10.0 Å². The summed E-state index contributed by atoms with van der Waals surface area (Å²) in [5.41, 5.74) is 1.77. The highest BCUT2D eigenvalue weighted by Crippen LogP contribution is 2.39. The van der Waals surface area contributed by atoms with Gasteiger partial charge in [-0.15, -0.1) is 11.3 Å². The Morgan fingerprint density at radius 3 is 2.62 bits per heavy atom. The molecule has 5 rings (SSSR count). The zero-order valence-electron chi connectivity index (χ0n) is 16.3. The number of anilines is 2. The lowest BCUT2D eigenvalue weighted by molar-refractivity contribution is 0.393. The van der Waals surface area contributed by atoms with Gasteiger partial charge < -0.3 is 5.32 Å². The molecule has 0 spiro atoms. The van der Waals surface area contributed by atoms with Crippen LogP contribution in [-0.4, -0.2) is 29.2 Å². The third kappa shape index (κ3) is 3.73. The van der Waals surface area contributed by atoms with E-state index in [2.05, 4.69) is 15.3 Å². The summed E-state index contributed by atoms with van der Waals surface area (Å²) in [6.45, 7) is 0.239. The first-order valence-electron chi connectivity index (χ1n) is 9.56. The molecule has 3 heterocycles. The fourth-order valence-corrected chi connectivity index (χ4v) is 6.56. The molecule has 4 aromatic rings. The van der Waals surface area contributed by atoms with Crippen LogP contribution in [0.15, 0.2) is 53.7 Å². The Labute approximate surface area is 191 Å². The Bertz CT molecular complexity index is 1440. The number of sulfonamides is 1. The molecule has 0 fully saturated rings. The van der Waals surface area contributed by atoms with Gasteiger partial charge in [0.1, 0.15) is 33.5 Å². The van der Waals surface area contributed by atoms with Crippen LogP contribution in [0, 0.1) is 11.6 Å². The highest BCUT2D eigenvalue weighted by Gasteiger charge is 2.33. The molecule has 6 nitrogen and oxygen atoms in total. The minimum absolute atomic E-state index is 0.0793. The van der Waals surface area contributed by atoms with E-state index in [1.807, 2.05) is 12.1 Å². The smallest absolute Gasteiger partial charge is 0.246 e. The second-order valence-electron chi connectivity index (χ2n) is 7.20. The number of fused-ring (bicyclic) bond motifs is 3. The molecule has 1 aliphatic rings. The molecule has 0 saturated heterocycles. The molecule has 2 aromatic carbocycles. The average Bonchev–Trinajstić information content (AvgIpc) is 3.14. The van der Waals surface area contributed by atoms with Crippen LogP contribution in [0.5, 0.6) is 0 Å². The van der Waals surface area contributed by atoms with Gasteiger partial charge in [-0.05, 0) is 48.4 Å². The molecule has 2 aromatic heterocycles. The van der Waals surface area contributed by atoms with E-state index in [1.165, 1.54) is 22.0 Å². The molecule has 0 unspecified atom stereocenters. The monoisotopic (exact) mass is 492 g/mol. The molecular formula is C21H15ClF2N4O2S2. The summed E-state index contributed by atoms with van der Waals surface area (Å²) in [5, 5.41) is 4.73. The Morgan fingerprint density at radius 2 is 1.88 bits per heavy atom. The maximum Gasteiger partial charge on any atom is 0.246 e. The van der Waals surface area contributed by atoms with E-state index < -0.39 is 26.6 Å². The van der Waals surface area contributed by atoms with Gasteiger partial charge in [0.05, 0.1) is 5.39 Å². The number of aromatic nitrogens is 2. The Kier molecular flexibility index (Phi) is 5.32. The van der Waals surface area contributed by atoms with Crippen molar-refractivity contribution in [1.82, 2.24) is 14.3 Å². The van der Waals surface area contributed by atoms with Gasteiger partial charge in [0.15, 0.2) is 0 Å². The number of nitrogens with zero attached hydrogens (tertiary/aromatic N) is 3. The van der Waals surface area contributed by atoms with Crippen molar-refractivity contribution < 1.29 is 17.2 Å². The number of hydrogen-bond donors (Lipinski definition) is 1. The van der Waals surface area contributed by atoms with Crippen molar-refractivity contribution in [2.24, 2.45) is 0 Å². The van der Waals surface area contributed by atoms with Crippen LogP contribution >= 0.6 is 22.9 Å². The first kappa shape index (κ1) is 21.2. The van der Waals surface area contributed by atoms with Crippen molar-refractivity contribution >= 4 is 54.7 Å². The lowest BCUT2D eigenvalue weighted by atomic mass is 10.1. The van der Waals surface area contributed by atoms with Crippen LogP contribution in [0.4, 0.5) is 20.3 Å². The zero-order chi connectivity index (χ0) is 22.5. The maximum atomic E-state index is 14.2. The largest absolute Gasteiger partial charge is 0.340 e. The van der Waals surface area contributed by atoms with E-state index in [0.29, 0.717) is 23.3 Å². The standard InChI is InChI=1S/C21H15ClF2N4O2S2/c22-12-1-4-14(5-2-12)27-20-19-15-7-8-28(10-17(15)31-21(19)26-11-25-20)32(29,30)18-6-3-13(23)9-16(18)24/h1-6,9,11H,7-8,10H2,(H,25,26,27). The van der Waals surface area contributed by atoms with Gasteiger partial charge >= 0.3 is 0 Å². The Morgan fingerprint density at radius 1 is 1.09 bits per heavy atom. The minimum atomic E-state index is -4.12. The first-order valence-corrected chi connectivity index (χ1v) is 12.2. The molecule has 164 valence electrons. The molecule has 1 N–H and O–H groups in total. The summed E-state index contributed by atoms with van der Waals surface area (Å²) in [5.74, 6) is -1.31. The van der Waals surface area contributed by atoms with Gasteiger partial charge in [-0.2, -0.15) is 4.31 Å². The number of thiophene rings is 1. The van der Waals surface area contributed by atoms with Crippen molar-refractivity contribution in [2.75, 3.05) is 11.9 Å². The van der Waals surface area contributed by atoms with Gasteiger partial charge in [-0.25, -0.2) is 27.2 Å². The lowest BCUT2D eigenvalue weighted by Crippen LogP contribution is -2.35. The van der Waals surface area contributed by atoms with E-state index in [0.717, 1.165) is 38.5 Å². The molecule has 0 radical (unpaired) electrons. The number of rotatable bonds is 4. The summed E-state index contributed by atoms with van der Waals surface area (Å²) in [6, 6.07) is 9.67. The summed E-state index contributed by atoms with van der Waals surface area (Å²) >= 11 is 7.33. The molecule has 1 aliphatic heterocycles. The predicted octanol–water partition coefficient (Wildman–Crippen LogP) is 5.11. The van der Waals surface area contributed by atoms with E-state index in [9.17, 15) is 17.2 Å². The summed E-state index contributed by atoms with van der Waals surface area (Å²) in [6.07, 6.45) is 1.87. The second kappa shape index (κ2) is 8.04. The number of hydrogen-bond acceptors (Lipinski definition) is 6. The zero-order valence-corrected chi connectivity index (χ0v) is 18.7. The SMILES string of the molecule is O=S(=O)(c1ccc(F)cc1F)N1CCc2c(sc3ncnc(Nc4ccc(Cl)cc4)c23)C1. The van der Waals surface area contributed by atoms with Crippen LogP contribution < -0.4 is 5.32 Å². The van der Waals surface area contributed by atoms with E-state index >= 15 is 0 Å². The first-order chi connectivity index (χ1) is 15.3. The molecule has 0 atom stereocenters. The predicted molar refractivity (Wildman–Crippen MR) is 120 cm³/mol. The normalized spacial score (nSPS) is 14.5. The third-order valence-corrected chi connectivity index (χ3v) is 8.48. The minimum Gasteiger partial charge on any atom is -0.340 e. The van der Waals surface area contributed by atoms with Crippen molar-refractivity contribution in [3.05, 3.63) is 75.9 Å². The number of nitrogens with one attached hydrogen (secondary N) is 1. The van der Waals surface area contributed by atoms with Crippen molar-refractivity contribution in [1.29, 1.82) is 0 Å². The van der Waals surface area contributed by atoms with Gasteiger partial charge in [-0.3, -0.25) is 0 Å². The molecule has 0 amide bonds. The van der Waals surface area contributed by atoms with Gasteiger partial charge in [0, 0.05) is 34.7 Å². The molecule has 0 aliphatic carbocycles. The van der Waals surface area contributed by atoms with Crippen LogP contribution in [0.1, 0.15) is 10.4 Å². The van der Waals surface area contributed by atoms with Gasteiger partial charge in [-0.1, -0.05) is 11.6 Å². The summed E-state index contributed by atoms with van der Waals surface area (Å²) in [7, 11) is -4.12. The summed E-state index contributed by atoms with van der Waals surface area (Å²) in [4.78, 5) is 9.74. The maximum absolute atomic E-state index is 14.2. The van der Waals surface area contributed by atoms with E-state index in [4.69, 9.17) is 11.6 Å². The number of halogens is 3. The lowest BCUT2D eigenvalue weighted by Gasteiger charge is -2.26. The van der Waals surface area contributed by atoms with Crippen LogP contribution in [0.2, 0.25) is 5.02 Å². The van der Waals surface area contributed by atoms with Crippen LogP contribution in [0.25, 0.3) is 10.2 Å². The molecule has 11 heteroatoms. The third-order valence-electron chi connectivity index (χ3n) is 5.22. The summed E-state index contributed by atoms with van der Waals surface area (Å²) < 4.78 is 54.6. The fraction of sp³-hybridized carbons (Fsp3) is 0.143. The van der Waals surface area contributed by atoms with E-state index in [-0.39, 0.29) is 13.1 Å². The van der Waals surface area contributed by atoms with Crippen LogP contribution in [-0.2, 0) is 23.0 Å². The molecule has 0 bridgehead atoms. The highest BCUT2D eigenvalue weighted by atomic mass is 35.5. The Balaban J connectivity index is 1.50.